The van der Waals surface area contributed by atoms with Crippen LogP contribution in [0.3, 0.4) is 0 Å². The molecule has 2 aromatic carbocycles. The normalized spacial score (nSPS) is 9.92. The molecule has 0 heterocycles. The van der Waals surface area contributed by atoms with Gasteiger partial charge in [0.2, 0.25) is 5.91 Å². The number of ether oxygens (including phenoxy) is 2. The van der Waals surface area contributed by atoms with Gasteiger partial charge in [-0.3, -0.25) is 14.4 Å². The van der Waals surface area contributed by atoms with E-state index in [0.717, 1.165) is 0 Å². The van der Waals surface area contributed by atoms with Crippen LogP contribution in [0, 0.1) is 5.82 Å². The zero-order chi connectivity index (χ0) is 18.9. The molecule has 0 unspecified atom stereocenters. The van der Waals surface area contributed by atoms with Crippen molar-refractivity contribution in [3.05, 3.63) is 53.8 Å². The Morgan fingerprint density at radius 3 is 2.50 bits per heavy atom. The number of rotatable bonds is 8. The SMILES string of the molecule is COc1ccc(OCC(=O)NCC(=O)Nc2ccc(F)cc2)c(C=O)c1. The first-order valence-electron chi connectivity index (χ1n) is 7.60. The lowest BCUT2D eigenvalue weighted by atomic mass is 10.2. The number of benzene rings is 2. The monoisotopic (exact) mass is 360 g/mol. The van der Waals surface area contributed by atoms with E-state index in [1.54, 1.807) is 6.07 Å². The first kappa shape index (κ1) is 18.9. The van der Waals surface area contributed by atoms with E-state index in [0.29, 0.717) is 17.7 Å². The molecule has 2 rings (SSSR count). The van der Waals surface area contributed by atoms with E-state index in [1.165, 1.54) is 43.5 Å². The standard InChI is InChI=1S/C18H17FN2O5/c1-25-15-6-7-16(12(8-15)10-22)26-11-18(24)20-9-17(23)21-14-4-2-13(19)3-5-14/h2-8,10H,9,11H2,1H3,(H,20,24)(H,21,23). The van der Waals surface area contributed by atoms with E-state index in [2.05, 4.69) is 10.6 Å². The minimum Gasteiger partial charge on any atom is -0.497 e. The molecule has 0 saturated heterocycles. The van der Waals surface area contributed by atoms with Crippen LogP contribution in [0.2, 0.25) is 0 Å². The summed E-state index contributed by atoms with van der Waals surface area (Å²) in [6.07, 6.45) is 0.589. The lowest BCUT2D eigenvalue weighted by Crippen LogP contribution is -2.35. The summed E-state index contributed by atoms with van der Waals surface area (Å²) in [5, 5.41) is 4.89. The highest BCUT2D eigenvalue weighted by molar-refractivity contribution is 5.94. The van der Waals surface area contributed by atoms with E-state index in [-0.39, 0.29) is 24.5 Å². The van der Waals surface area contributed by atoms with Gasteiger partial charge in [-0.25, -0.2) is 4.39 Å². The highest BCUT2D eigenvalue weighted by atomic mass is 19.1. The Bertz CT molecular complexity index is 793. The predicted molar refractivity (Wildman–Crippen MR) is 91.9 cm³/mol. The molecule has 0 aliphatic rings. The Hall–Kier alpha value is -3.42. The van der Waals surface area contributed by atoms with Gasteiger partial charge in [-0.2, -0.15) is 0 Å². The molecule has 0 fully saturated rings. The van der Waals surface area contributed by atoms with Crippen molar-refractivity contribution in [2.75, 3.05) is 25.6 Å². The third kappa shape index (κ3) is 5.59. The fraction of sp³-hybridized carbons (Fsp3) is 0.167. The van der Waals surface area contributed by atoms with Gasteiger partial charge < -0.3 is 20.1 Å². The van der Waals surface area contributed by atoms with Gasteiger partial charge in [0.25, 0.3) is 5.91 Å². The highest BCUT2D eigenvalue weighted by Gasteiger charge is 2.10. The average molecular weight is 360 g/mol. The molecular weight excluding hydrogens is 343 g/mol. The molecule has 7 nitrogen and oxygen atoms in total. The summed E-state index contributed by atoms with van der Waals surface area (Å²) in [5.41, 5.74) is 0.655. The van der Waals surface area contributed by atoms with Crippen LogP contribution in [-0.2, 0) is 9.59 Å². The Balaban J connectivity index is 1.79. The number of anilines is 1. The van der Waals surface area contributed by atoms with Gasteiger partial charge in [-0.05, 0) is 42.5 Å². The molecular formula is C18H17FN2O5. The maximum absolute atomic E-state index is 12.8. The molecule has 2 N–H and O–H groups in total. The molecule has 0 aliphatic carbocycles. The number of nitrogens with one attached hydrogen (secondary N) is 2. The van der Waals surface area contributed by atoms with Crippen molar-refractivity contribution in [1.29, 1.82) is 0 Å². The summed E-state index contributed by atoms with van der Waals surface area (Å²) >= 11 is 0. The van der Waals surface area contributed by atoms with Gasteiger partial charge in [-0.1, -0.05) is 0 Å². The predicted octanol–water partition coefficient (Wildman–Crippen LogP) is 1.78. The maximum Gasteiger partial charge on any atom is 0.258 e. The van der Waals surface area contributed by atoms with Crippen LogP contribution in [0.4, 0.5) is 10.1 Å². The van der Waals surface area contributed by atoms with Crippen LogP contribution >= 0.6 is 0 Å². The largest absolute Gasteiger partial charge is 0.497 e. The summed E-state index contributed by atoms with van der Waals surface area (Å²) in [5.74, 6) is -0.704. The smallest absolute Gasteiger partial charge is 0.258 e. The van der Waals surface area contributed by atoms with Crippen LogP contribution in [0.15, 0.2) is 42.5 Å². The molecule has 0 radical (unpaired) electrons. The highest BCUT2D eigenvalue weighted by Crippen LogP contribution is 2.22. The quantitative estimate of drug-likeness (QED) is 0.700. The van der Waals surface area contributed by atoms with E-state index in [4.69, 9.17) is 9.47 Å². The topological polar surface area (TPSA) is 93.7 Å². The molecule has 0 saturated carbocycles. The number of carbonyl (C=O) groups excluding carboxylic acids is 3. The number of hydrogen-bond donors (Lipinski definition) is 2. The molecule has 0 aromatic heterocycles. The Morgan fingerprint density at radius 1 is 1.12 bits per heavy atom. The van der Waals surface area contributed by atoms with Crippen molar-refractivity contribution >= 4 is 23.8 Å². The molecule has 136 valence electrons. The van der Waals surface area contributed by atoms with E-state index < -0.39 is 17.6 Å². The zero-order valence-electron chi connectivity index (χ0n) is 14.0. The van der Waals surface area contributed by atoms with Crippen LogP contribution in [0.1, 0.15) is 10.4 Å². The maximum atomic E-state index is 12.8. The van der Waals surface area contributed by atoms with Crippen molar-refractivity contribution in [2.45, 2.75) is 0 Å². The summed E-state index contributed by atoms with van der Waals surface area (Å²) in [7, 11) is 1.47. The van der Waals surface area contributed by atoms with Crippen LogP contribution in [0.5, 0.6) is 11.5 Å². The number of amides is 2. The molecule has 0 atom stereocenters. The van der Waals surface area contributed by atoms with Crippen LogP contribution in [0.25, 0.3) is 0 Å². The molecule has 26 heavy (non-hydrogen) atoms. The van der Waals surface area contributed by atoms with Gasteiger partial charge in [0.1, 0.15) is 17.3 Å². The lowest BCUT2D eigenvalue weighted by molar-refractivity contribution is -0.125. The first-order chi connectivity index (χ1) is 12.5. The van der Waals surface area contributed by atoms with Crippen molar-refractivity contribution in [2.24, 2.45) is 0 Å². The Morgan fingerprint density at radius 2 is 1.85 bits per heavy atom. The fourth-order valence-electron chi connectivity index (χ4n) is 1.99. The van der Waals surface area contributed by atoms with Crippen LogP contribution in [-0.4, -0.2) is 38.4 Å². The molecule has 2 aromatic rings. The second kappa shape index (κ2) is 9.16. The van der Waals surface area contributed by atoms with Gasteiger partial charge >= 0.3 is 0 Å². The van der Waals surface area contributed by atoms with E-state index in [1.807, 2.05) is 0 Å². The number of methoxy groups -OCH3 is 1. The minimum absolute atomic E-state index is 0.228. The average Bonchev–Trinajstić information content (AvgIpc) is 2.66. The molecule has 0 spiro atoms. The third-order valence-electron chi connectivity index (χ3n) is 3.28. The van der Waals surface area contributed by atoms with Gasteiger partial charge in [0, 0.05) is 5.69 Å². The van der Waals surface area contributed by atoms with E-state index >= 15 is 0 Å². The van der Waals surface area contributed by atoms with Gasteiger partial charge in [-0.15, -0.1) is 0 Å². The Labute approximate surface area is 149 Å². The minimum atomic E-state index is -0.535. The van der Waals surface area contributed by atoms with Crippen molar-refractivity contribution in [3.8, 4) is 11.5 Å². The number of aldehydes is 1. The summed E-state index contributed by atoms with van der Waals surface area (Å²) in [4.78, 5) is 34.5. The number of halogens is 1. The Kier molecular flexibility index (Phi) is 6.67. The number of hydrogen-bond acceptors (Lipinski definition) is 5. The van der Waals surface area contributed by atoms with E-state index in [9.17, 15) is 18.8 Å². The second-order valence-corrected chi connectivity index (χ2v) is 5.14. The van der Waals surface area contributed by atoms with Crippen molar-refractivity contribution in [3.63, 3.8) is 0 Å². The van der Waals surface area contributed by atoms with Crippen LogP contribution < -0.4 is 20.1 Å². The van der Waals surface area contributed by atoms with Gasteiger partial charge in [0.05, 0.1) is 19.2 Å². The lowest BCUT2D eigenvalue weighted by Gasteiger charge is -2.10. The van der Waals surface area contributed by atoms with Crippen molar-refractivity contribution in [1.82, 2.24) is 5.32 Å². The number of carbonyl (C=O) groups is 3. The first-order valence-corrected chi connectivity index (χ1v) is 7.60. The second-order valence-electron chi connectivity index (χ2n) is 5.14. The molecule has 0 aliphatic heterocycles. The summed E-state index contributed by atoms with van der Waals surface area (Å²) < 4.78 is 23.1. The summed E-state index contributed by atoms with van der Waals surface area (Å²) in [6.45, 7) is -0.639. The zero-order valence-corrected chi connectivity index (χ0v) is 14.0. The molecule has 2 amide bonds. The third-order valence-corrected chi connectivity index (χ3v) is 3.28. The van der Waals surface area contributed by atoms with Crippen molar-refractivity contribution < 1.29 is 28.2 Å². The summed E-state index contributed by atoms with van der Waals surface area (Å²) in [6, 6.07) is 9.82. The molecule has 8 heteroatoms. The fourth-order valence-corrected chi connectivity index (χ4v) is 1.99. The van der Waals surface area contributed by atoms with Gasteiger partial charge in [0.15, 0.2) is 12.9 Å². The molecule has 0 bridgehead atoms.